The minimum Gasteiger partial charge on any atom is -0.452 e. The Kier molecular flexibility index (Phi) is 5.97. The van der Waals surface area contributed by atoms with Crippen molar-refractivity contribution in [2.45, 2.75) is 18.9 Å². The van der Waals surface area contributed by atoms with E-state index in [0.717, 1.165) is 25.0 Å². The van der Waals surface area contributed by atoms with Gasteiger partial charge in [-0.1, -0.05) is 30.3 Å². The number of benzene rings is 1. The summed E-state index contributed by atoms with van der Waals surface area (Å²) >= 11 is 0. The largest absolute Gasteiger partial charge is 0.452 e. The second kappa shape index (κ2) is 8.21. The molecule has 5 heteroatoms. The van der Waals surface area contributed by atoms with Crippen molar-refractivity contribution in [3.8, 4) is 0 Å². The molecule has 112 valence electrons. The highest BCUT2D eigenvalue weighted by molar-refractivity contribution is 5.89. The van der Waals surface area contributed by atoms with Crippen molar-refractivity contribution < 1.29 is 19.1 Å². The molecule has 21 heavy (non-hydrogen) atoms. The second-order valence-corrected chi connectivity index (χ2v) is 4.79. The fourth-order valence-electron chi connectivity index (χ4n) is 2.00. The van der Waals surface area contributed by atoms with Crippen molar-refractivity contribution in [1.82, 2.24) is 5.32 Å². The Bertz CT molecular complexity index is 492. The van der Waals surface area contributed by atoms with Crippen molar-refractivity contribution in [3.05, 3.63) is 42.0 Å². The number of esters is 1. The molecule has 1 heterocycles. The van der Waals surface area contributed by atoms with Gasteiger partial charge in [-0.05, 0) is 24.5 Å². The van der Waals surface area contributed by atoms with Crippen LogP contribution in [0.5, 0.6) is 0 Å². The summed E-state index contributed by atoms with van der Waals surface area (Å²) in [7, 11) is 0. The van der Waals surface area contributed by atoms with Gasteiger partial charge in [-0.3, -0.25) is 4.79 Å². The van der Waals surface area contributed by atoms with Gasteiger partial charge in [-0.25, -0.2) is 4.79 Å². The van der Waals surface area contributed by atoms with Crippen LogP contribution in [0.3, 0.4) is 0 Å². The summed E-state index contributed by atoms with van der Waals surface area (Å²) < 4.78 is 10.2. The first-order chi connectivity index (χ1) is 10.2. The Balaban J connectivity index is 1.63. The topological polar surface area (TPSA) is 64.6 Å². The van der Waals surface area contributed by atoms with Crippen LogP contribution in [0.15, 0.2) is 36.4 Å². The number of hydrogen-bond acceptors (Lipinski definition) is 4. The van der Waals surface area contributed by atoms with Crippen molar-refractivity contribution in [1.29, 1.82) is 0 Å². The number of amides is 1. The number of rotatable bonds is 6. The van der Waals surface area contributed by atoms with Gasteiger partial charge in [0.1, 0.15) is 0 Å². The van der Waals surface area contributed by atoms with E-state index in [0.29, 0.717) is 6.54 Å². The van der Waals surface area contributed by atoms with Crippen LogP contribution in [0.4, 0.5) is 0 Å². The number of carbonyl (C=O) groups is 2. The Morgan fingerprint density at radius 2 is 2.14 bits per heavy atom. The standard InChI is InChI=1S/C16H19NO4/c18-15(17-11-14-7-4-10-20-14)12-21-16(19)9-8-13-5-2-1-3-6-13/h1-3,5-6,8-9,14H,4,7,10-12H2,(H,17,18)/b9-8+/t14-/m1/s1. The number of hydrogen-bond donors (Lipinski definition) is 1. The summed E-state index contributed by atoms with van der Waals surface area (Å²) in [5.41, 5.74) is 0.900. The van der Waals surface area contributed by atoms with E-state index in [1.54, 1.807) is 6.08 Å². The maximum absolute atomic E-state index is 11.5. The zero-order valence-electron chi connectivity index (χ0n) is 11.8. The third-order valence-electron chi connectivity index (χ3n) is 3.11. The molecule has 0 bridgehead atoms. The van der Waals surface area contributed by atoms with Crippen LogP contribution in [-0.4, -0.2) is 37.7 Å². The lowest BCUT2D eigenvalue weighted by Crippen LogP contribution is -2.34. The second-order valence-electron chi connectivity index (χ2n) is 4.79. The molecule has 1 amide bonds. The Morgan fingerprint density at radius 1 is 1.33 bits per heavy atom. The third-order valence-corrected chi connectivity index (χ3v) is 3.11. The van der Waals surface area contributed by atoms with Gasteiger partial charge in [0.15, 0.2) is 6.61 Å². The van der Waals surface area contributed by atoms with E-state index in [-0.39, 0.29) is 18.6 Å². The lowest BCUT2D eigenvalue weighted by Gasteiger charge is -2.10. The smallest absolute Gasteiger partial charge is 0.331 e. The zero-order valence-corrected chi connectivity index (χ0v) is 11.8. The Labute approximate surface area is 123 Å². The van der Waals surface area contributed by atoms with E-state index in [2.05, 4.69) is 5.32 Å². The molecule has 1 aliphatic heterocycles. The monoisotopic (exact) mass is 289 g/mol. The molecule has 1 aliphatic rings. The van der Waals surface area contributed by atoms with Gasteiger partial charge in [0, 0.05) is 19.2 Å². The van der Waals surface area contributed by atoms with Crippen LogP contribution >= 0.6 is 0 Å². The third kappa shape index (κ3) is 5.79. The van der Waals surface area contributed by atoms with Gasteiger partial charge in [0.2, 0.25) is 0 Å². The van der Waals surface area contributed by atoms with Crippen molar-refractivity contribution in [2.24, 2.45) is 0 Å². The Morgan fingerprint density at radius 3 is 2.86 bits per heavy atom. The summed E-state index contributed by atoms with van der Waals surface area (Å²) in [6.45, 7) is 0.945. The van der Waals surface area contributed by atoms with Crippen LogP contribution < -0.4 is 5.32 Å². The molecule has 1 aromatic rings. The molecule has 0 aliphatic carbocycles. The van der Waals surface area contributed by atoms with E-state index >= 15 is 0 Å². The van der Waals surface area contributed by atoms with Crippen molar-refractivity contribution >= 4 is 18.0 Å². The molecular weight excluding hydrogens is 270 g/mol. The molecule has 0 aromatic heterocycles. The van der Waals surface area contributed by atoms with Gasteiger partial charge in [-0.15, -0.1) is 0 Å². The number of carbonyl (C=O) groups excluding carboxylic acids is 2. The average Bonchev–Trinajstić information content (AvgIpc) is 3.03. The maximum Gasteiger partial charge on any atom is 0.331 e. The first kappa shape index (κ1) is 15.3. The summed E-state index contributed by atoms with van der Waals surface area (Å²) in [6.07, 6.45) is 5.03. The number of ether oxygens (including phenoxy) is 2. The highest BCUT2D eigenvalue weighted by Gasteiger charge is 2.16. The summed E-state index contributed by atoms with van der Waals surface area (Å²) in [5, 5.41) is 2.69. The molecular formula is C16H19NO4. The van der Waals surface area contributed by atoms with Crippen LogP contribution in [0.25, 0.3) is 6.08 Å². The minimum absolute atomic E-state index is 0.0858. The van der Waals surface area contributed by atoms with Gasteiger partial charge >= 0.3 is 5.97 Å². The molecule has 1 atom stereocenters. The van der Waals surface area contributed by atoms with Gasteiger partial charge in [0.25, 0.3) is 5.91 Å². The Hall–Kier alpha value is -2.14. The van der Waals surface area contributed by atoms with Crippen LogP contribution in [0.1, 0.15) is 18.4 Å². The molecule has 1 saturated heterocycles. The number of nitrogens with one attached hydrogen (secondary N) is 1. The molecule has 2 rings (SSSR count). The molecule has 0 radical (unpaired) electrons. The zero-order chi connectivity index (χ0) is 14.9. The molecule has 1 fully saturated rings. The molecule has 0 spiro atoms. The molecule has 0 saturated carbocycles. The molecule has 1 N–H and O–H groups in total. The van der Waals surface area contributed by atoms with Gasteiger partial charge in [0.05, 0.1) is 6.10 Å². The summed E-state index contributed by atoms with van der Waals surface area (Å²) in [6, 6.07) is 9.40. The quantitative estimate of drug-likeness (QED) is 0.637. The van der Waals surface area contributed by atoms with E-state index < -0.39 is 5.97 Å². The van der Waals surface area contributed by atoms with Crippen molar-refractivity contribution in [2.75, 3.05) is 19.8 Å². The highest BCUT2D eigenvalue weighted by Crippen LogP contribution is 2.10. The summed E-state index contributed by atoms with van der Waals surface area (Å²) in [5.74, 6) is -0.849. The lowest BCUT2D eigenvalue weighted by atomic mass is 10.2. The normalized spacial score (nSPS) is 17.8. The first-order valence-electron chi connectivity index (χ1n) is 7.02. The first-order valence-corrected chi connectivity index (χ1v) is 7.02. The maximum atomic E-state index is 11.5. The van der Waals surface area contributed by atoms with Crippen molar-refractivity contribution in [3.63, 3.8) is 0 Å². The predicted molar refractivity (Wildman–Crippen MR) is 78.4 cm³/mol. The lowest BCUT2D eigenvalue weighted by molar-refractivity contribution is -0.143. The average molecular weight is 289 g/mol. The van der Waals surface area contributed by atoms with Crippen LogP contribution in [-0.2, 0) is 19.1 Å². The molecule has 5 nitrogen and oxygen atoms in total. The van der Waals surface area contributed by atoms with Gasteiger partial charge in [-0.2, -0.15) is 0 Å². The summed E-state index contributed by atoms with van der Waals surface area (Å²) in [4.78, 5) is 23.0. The fourth-order valence-corrected chi connectivity index (χ4v) is 2.00. The van der Waals surface area contributed by atoms with Gasteiger partial charge < -0.3 is 14.8 Å². The SMILES string of the molecule is O=C(COC(=O)/C=C/c1ccccc1)NC[C@H]1CCCO1. The van der Waals surface area contributed by atoms with Crippen LogP contribution in [0, 0.1) is 0 Å². The molecule has 1 aromatic carbocycles. The highest BCUT2D eigenvalue weighted by atomic mass is 16.5. The van der Waals surface area contributed by atoms with E-state index in [1.165, 1.54) is 6.08 Å². The van der Waals surface area contributed by atoms with E-state index in [1.807, 2.05) is 30.3 Å². The fraction of sp³-hybridized carbons (Fsp3) is 0.375. The molecule has 0 unspecified atom stereocenters. The van der Waals surface area contributed by atoms with Crippen LogP contribution in [0.2, 0.25) is 0 Å². The predicted octanol–water partition coefficient (Wildman–Crippen LogP) is 1.54. The van der Waals surface area contributed by atoms with E-state index in [4.69, 9.17) is 9.47 Å². The van der Waals surface area contributed by atoms with E-state index in [9.17, 15) is 9.59 Å². The minimum atomic E-state index is -0.536.